The number of benzene rings is 1. The number of aromatic amines is 1. The standard InChI is InChI=1S/C23H30FN5O3/c1-5-6-11-28-21-20(22(31)27-23(28)32)29(13-14(2)3)18(26-21)9-10-19(30)25-17-8-7-16(24)12-15(17)4/h7-8,12,14H,5-6,9-11,13H2,1-4H3,(H,25,30)(H,27,31,32). The van der Waals surface area contributed by atoms with Gasteiger partial charge >= 0.3 is 5.69 Å². The Kier molecular flexibility index (Phi) is 7.27. The van der Waals surface area contributed by atoms with E-state index in [2.05, 4.69) is 15.3 Å². The number of amides is 1. The Morgan fingerprint density at radius 1 is 1.25 bits per heavy atom. The zero-order valence-electron chi connectivity index (χ0n) is 19.0. The third-order valence-corrected chi connectivity index (χ3v) is 5.29. The average molecular weight is 444 g/mol. The van der Waals surface area contributed by atoms with Crippen LogP contribution in [0.1, 0.15) is 51.4 Å². The number of unbranched alkanes of at least 4 members (excludes halogenated alkanes) is 1. The molecule has 32 heavy (non-hydrogen) atoms. The number of aromatic nitrogens is 4. The Labute approximate surface area is 185 Å². The summed E-state index contributed by atoms with van der Waals surface area (Å²) in [5.74, 6) is 0.223. The van der Waals surface area contributed by atoms with Gasteiger partial charge in [-0.2, -0.15) is 0 Å². The minimum absolute atomic E-state index is 0.134. The predicted octanol–water partition coefficient (Wildman–Crippen LogP) is 3.36. The summed E-state index contributed by atoms with van der Waals surface area (Å²) >= 11 is 0. The maximum atomic E-state index is 13.3. The van der Waals surface area contributed by atoms with Gasteiger partial charge in [0.05, 0.1) is 0 Å². The summed E-state index contributed by atoms with van der Waals surface area (Å²) in [5.41, 5.74) is 0.968. The van der Waals surface area contributed by atoms with Crippen LogP contribution in [0.4, 0.5) is 10.1 Å². The van der Waals surface area contributed by atoms with Crippen LogP contribution in [-0.2, 0) is 24.3 Å². The Hall–Kier alpha value is -3.23. The summed E-state index contributed by atoms with van der Waals surface area (Å²) in [5, 5.41) is 2.80. The van der Waals surface area contributed by atoms with Crippen LogP contribution in [0.5, 0.6) is 0 Å². The van der Waals surface area contributed by atoms with Crippen molar-refractivity contribution in [2.75, 3.05) is 5.32 Å². The number of anilines is 1. The highest BCUT2D eigenvalue weighted by atomic mass is 19.1. The van der Waals surface area contributed by atoms with Gasteiger partial charge in [-0.1, -0.05) is 27.2 Å². The van der Waals surface area contributed by atoms with Crippen molar-refractivity contribution in [1.29, 1.82) is 0 Å². The van der Waals surface area contributed by atoms with Crippen molar-refractivity contribution in [3.05, 3.63) is 56.2 Å². The zero-order chi connectivity index (χ0) is 23.4. The molecule has 0 saturated carbocycles. The molecule has 0 saturated heterocycles. The number of fused-ring (bicyclic) bond motifs is 1. The van der Waals surface area contributed by atoms with Crippen molar-refractivity contribution in [2.24, 2.45) is 5.92 Å². The van der Waals surface area contributed by atoms with Crippen molar-refractivity contribution in [2.45, 2.75) is 66.5 Å². The summed E-state index contributed by atoms with van der Waals surface area (Å²) in [4.78, 5) is 44.6. The summed E-state index contributed by atoms with van der Waals surface area (Å²) < 4.78 is 16.6. The number of carbonyl (C=O) groups is 1. The fourth-order valence-electron chi connectivity index (χ4n) is 3.70. The van der Waals surface area contributed by atoms with E-state index in [4.69, 9.17) is 0 Å². The van der Waals surface area contributed by atoms with Gasteiger partial charge in [-0.15, -0.1) is 0 Å². The van der Waals surface area contributed by atoms with Crippen LogP contribution in [0.3, 0.4) is 0 Å². The van der Waals surface area contributed by atoms with Crippen LogP contribution in [-0.4, -0.2) is 25.0 Å². The molecule has 172 valence electrons. The van der Waals surface area contributed by atoms with E-state index in [1.54, 1.807) is 6.92 Å². The monoisotopic (exact) mass is 443 g/mol. The highest BCUT2D eigenvalue weighted by molar-refractivity contribution is 5.91. The summed E-state index contributed by atoms with van der Waals surface area (Å²) in [6, 6.07) is 4.19. The Morgan fingerprint density at radius 3 is 2.66 bits per heavy atom. The SMILES string of the molecule is CCCCn1c(=O)[nH]c(=O)c2c1nc(CCC(=O)Nc1ccc(F)cc1C)n2CC(C)C. The van der Waals surface area contributed by atoms with Crippen molar-refractivity contribution < 1.29 is 9.18 Å². The number of hydrogen-bond acceptors (Lipinski definition) is 4. The lowest BCUT2D eigenvalue weighted by atomic mass is 10.2. The second-order valence-corrected chi connectivity index (χ2v) is 8.48. The molecule has 0 radical (unpaired) electrons. The van der Waals surface area contributed by atoms with E-state index in [-0.39, 0.29) is 24.1 Å². The summed E-state index contributed by atoms with van der Waals surface area (Å²) in [6.45, 7) is 8.81. The number of rotatable bonds is 9. The number of nitrogens with one attached hydrogen (secondary N) is 2. The first kappa shape index (κ1) is 23.4. The van der Waals surface area contributed by atoms with Gasteiger partial charge in [0.2, 0.25) is 5.91 Å². The molecule has 3 rings (SSSR count). The van der Waals surface area contributed by atoms with Crippen molar-refractivity contribution in [1.82, 2.24) is 19.1 Å². The largest absolute Gasteiger partial charge is 0.330 e. The van der Waals surface area contributed by atoms with Crippen LogP contribution in [0.25, 0.3) is 11.2 Å². The third kappa shape index (κ3) is 5.15. The molecule has 0 bridgehead atoms. The van der Waals surface area contributed by atoms with Gasteiger partial charge in [-0.05, 0) is 43.0 Å². The molecule has 2 aromatic heterocycles. The highest BCUT2D eigenvalue weighted by Gasteiger charge is 2.20. The number of halogens is 1. The lowest BCUT2D eigenvalue weighted by Gasteiger charge is -2.12. The molecular weight excluding hydrogens is 413 g/mol. The molecular formula is C23H30FN5O3. The van der Waals surface area contributed by atoms with Gasteiger partial charge in [0, 0.05) is 31.6 Å². The number of imidazole rings is 1. The molecule has 2 heterocycles. The van der Waals surface area contributed by atoms with Crippen molar-refractivity contribution >= 4 is 22.8 Å². The average Bonchev–Trinajstić information content (AvgIpc) is 3.06. The molecule has 0 aliphatic rings. The van der Waals surface area contributed by atoms with Crippen LogP contribution in [0, 0.1) is 18.7 Å². The van der Waals surface area contributed by atoms with E-state index in [9.17, 15) is 18.8 Å². The quantitative estimate of drug-likeness (QED) is 0.529. The molecule has 1 amide bonds. The van der Waals surface area contributed by atoms with Crippen LogP contribution in [0.15, 0.2) is 27.8 Å². The lowest BCUT2D eigenvalue weighted by molar-refractivity contribution is -0.116. The topological polar surface area (TPSA) is 102 Å². The minimum Gasteiger partial charge on any atom is -0.326 e. The molecule has 3 aromatic rings. The maximum Gasteiger partial charge on any atom is 0.330 e. The van der Waals surface area contributed by atoms with Gasteiger partial charge in [-0.25, -0.2) is 14.2 Å². The van der Waals surface area contributed by atoms with E-state index < -0.39 is 11.2 Å². The first-order valence-electron chi connectivity index (χ1n) is 11.0. The van der Waals surface area contributed by atoms with E-state index in [0.717, 1.165) is 12.8 Å². The van der Waals surface area contributed by atoms with Crippen LogP contribution < -0.4 is 16.6 Å². The minimum atomic E-state index is -0.471. The third-order valence-electron chi connectivity index (χ3n) is 5.29. The fraction of sp³-hybridized carbons (Fsp3) is 0.478. The molecule has 1 aromatic carbocycles. The molecule has 8 nitrogen and oxygen atoms in total. The van der Waals surface area contributed by atoms with Gasteiger partial charge in [0.15, 0.2) is 11.2 Å². The van der Waals surface area contributed by atoms with Crippen molar-refractivity contribution in [3.8, 4) is 0 Å². The highest BCUT2D eigenvalue weighted by Crippen LogP contribution is 2.18. The number of aryl methyl sites for hydroxylation is 3. The molecule has 9 heteroatoms. The van der Waals surface area contributed by atoms with E-state index >= 15 is 0 Å². The number of hydrogen-bond donors (Lipinski definition) is 2. The van der Waals surface area contributed by atoms with Crippen molar-refractivity contribution in [3.63, 3.8) is 0 Å². The number of nitrogens with zero attached hydrogens (tertiary/aromatic N) is 3. The molecule has 0 spiro atoms. The normalized spacial score (nSPS) is 11.4. The Morgan fingerprint density at radius 2 is 2.00 bits per heavy atom. The van der Waals surface area contributed by atoms with Gasteiger partial charge < -0.3 is 9.88 Å². The van der Waals surface area contributed by atoms with Gasteiger partial charge in [0.1, 0.15) is 11.6 Å². The first-order chi connectivity index (χ1) is 15.2. The lowest BCUT2D eigenvalue weighted by Crippen LogP contribution is -2.31. The second-order valence-electron chi connectivity index (χ2n) is 8.48. The number of carbonyl (C=O) groups excluding carboxylic acids is 1. The van der Waals surface area contributed by atoms with Gasteiger partial charge in [-0.3, -0.25) is 19.1 Å². The van der Waals surface area contributed by atoms with E-state index in [1.807, 2.05) is 25.3 Å². The predicted molar refractivity (Wildman–Crippen MR) is 122 cm³/mol. The van der Waals surface area contributed by atoms with E-state index in [0.29, 0.717) is 47.7 Å². The Balaban J connectivity index is 1.92. The molecule has 0 fully saturated rings. The maximum absolute atomic E-state index is 13.3. The second kappa shape index (κ2) is 9.93. The first-order valence-corrected chi connectivity index (χ1v) is 11.0. The molecule has 0 unspecified atom stereocenters. The van der Waals surface area contributed by atoms with Crippen LogP contribution >= 0.6 is 0 Å². The molecule has 0 atom stereocenters. The van der Waals surface area contributed by atoms with Crippen LogP contribution in [0.2, 0.25) is 0 Å². The smallest absolute Gasteiger partial charge is 0.326 e. The molecule has 0 aliphatic carbocycles. The molecule has 0 aliphatic heterocycles. The van der Waals surface area contributed by atoms with Gasteiger partial charge in [0.25, 0.3) is 5.56 Å². The summed E-state index contributed by atoms with van der Waals surface area (Å²) in [7, 11) is 0. The van der Waals surface area contributed by atoms with E-state index in [1.165, 1.54) is 22.8 Å². The zero-order valence-corrected chi connectivity index (χ0v) is 19.0. The fourth-order valence-corrected chi connectivity index (χ4v) is 3.70. The summed E-state index contributed by atoms with van der Waals surface area (Å²) in [6.07, 6.45) is 2.12. The Bertz CT molecular complexity index is 1240. The number of H-pyrrole nitrogens is 1. The molecule has 2 N–H and O–H groups in total.